The molecule has 0 aliphatic heterocycles. The van der Waals surface area contributed by atoms with Crippen molar-refractivity contribution in [1.82, 2.24) is 9.97 Å². The Morgan fingerprint density at radius 2 is 1.79 bits per heavy atom. The molecule has 0 bridgehead atoms. The zero-order chi connectivity index (χ0) is 14.0. The van der Waals surface area contributed by atoms with Crippen molar-refractivity contribution < 1.29 is 0 Å². The smallest absolute Gasteiger partial charge is 0.134 e. The molecule has 1 aromatic heterocycles. The Bertz CT molecular complexity index is 426. The second-order valence-electron chi connectivity index (χ2n) is 6.91. The minimum Gasteiger partial charge on any atom is -0.384 e. The van der Waals surface area contributed by atoms with Gasteiger partial charge in [-0.25, -0.2) is 9.97 Å². The average Bonchev–Trinajstić information content (AvgIpc) is 2.37. The first-order valence-electron chi connectivity index (χ1n) is 7.53. The van der Waals surface area contributed by atoms with Gasteiger partial charge in [-0.2, -0.15) is 0 Å². The van der Waals surface area contributed by atoms with E-state index in [4.69, 9.17) is 5.73 Å². The molecule has 0 unspecified atom stereocenters. The Morgan fingerprint density at radius 1 is 1.16 bits per heavy atom. The van der Waals surface area contributed by atoms with Gasteiger partial charge in [0.15, 0.2) is 0 Å². The number of aryl methyl sites for hydroxylation is 1. The summed E-state index contributed by atoms with van der Waals surface area (Å²) in [6.45, 7) is 9.17. The third-order valence-electron chi connectivity index (χ3n) is 4.50. The fourth-order valence-corrected chi connectivity index (χ4v) is 3.12. The molecule has 3 heteroatoms. The maximum absolute atomic E-state index is 5.89. The van der Waals surface area contributed by atoms with Gasteiger partial charge in [0.05, 0.1) is 0 Å². The molecule has 2 N–H and O–H groups in total. The fourth-order valence-electron chi connectivity index (χ4n) is 3.12. The van der Waals surface area contributed by atoms with Gasteiger partial charge in [-0.1, -0.05) is 27.7 Å². The van der Waals surface area contributed by atoms with Gasteiger partial charge in [-0.05, 0) is 43.4 Å². The quantitative estimate of drug-likeness (QED) is 0.877. The second-order valence-corrected chi connectivity index (χ2v) is 6.91. The van der Waals surface area contributed by atoms with Crippen molar-refractivity contribution in [2.45, 2.75) is 65.7 Å². The van der Waals surface area contributed by atoms with E-state index in [1.165, 1.54) is 25.7 Å². The van der Waals surface area contributed by atoms with Crippen molar-refractivity contribution in [3.05, 3.63) is 17.6 Å². The molecule has 0 saturated heterocycles. The molecule has 1 aliphatic rings. The molecule has 19 heavy (non-hydrogen) atoms. The predicted octanol–water partition coefficient (Wildman–Crippen LogP) is 3.94. The molecule has 0 atom stereocenters. The van der Waals surface area contributed by atoms with E-state index in [0.29, 0.717) is 17.2 Å². The summed E-state index contributed by atoms with van der Waals surface area (Å²) in [7, 11) is 0. The topological polar surface area (TPSA) is 51.8 Å². The van der Waals surface area contributed by atoms with Crippen LogP contribution in [0.25, 0.3) is 0 Å². The lowest BCUT2D eigenvalue weighted by atomic mass is 9.69. The van der Waals surface area contributed by atoms with E-state index in [2.05, 4.69) is 37.7 Å². The van der Waals surface area contributed by atoms with Crippen LogP contribution in [0.15, 0.2) is 6.07 Å². The number of anilines is 1. The molecule has 106 valence electrons. The summed E-state index contributed by atoms with van der Waals surface area (Å²) in [4.78, 5) is 9.13. The molecule has 1 aliphatic carbocycles. The van der Waals surface area contributed by atoms with E-state index in [-0.39, 0.29) is 0 Å². The van der Waals surface area contributed by atoms with E-state index >= 15 is 0 Å². The van der Waals surface area contributed by atoms with Gasteiger partial charge in [0.1, 0.15) is 11.6 Å². The summed E-state index contributed by atoms with van der Waals surface area (Å²) in [6.07, 6.45) is 5.90. The molecule has 1 heterocycles. The van der Waals surface area contributed by atoms with Gasteiger partial charge in [0.25, 0.3) is 0 Å². The predicted molar refractivity (Wildman–Crippen MR) is 80.0 cm³/mol. The first-order chi connectivity index (χ1) is 8.90. The van der Waals surface area contributed by atoms with Crippen LogP contribution in [0.1, 0.15) is 70.8 Å². The standard InChI is InChI=1S/C16H27N3/c1-5-13-10-14(17)19-15(18-13)11-6-8-12(9-7-11)16(2,3)4/h10-12H,5-9H2,1-4H3,(H2,17,18,19). The maximum Gasteiger partial charge on any atom is 0.134 e. The molecule has 0 aromatic carbocycles. The molecule has 0 spiro atoms. The van der Waals surface area contributed by atoms with E-state index in [9.17, 15) is 0 Å². The van der Waals surface area contributed by atoms with Crippen molar-refractivity contribution in [3.63, 3.8) is 0 Å². The largest absolute Gasteiger partial charge is 0.384 e. The summed E-state index contributed by atoms with van der Waals surface area (Å²) < 4.78 is 0. The number of nitrogens with zero attached hydrogens (tertiary/aromatic N) is 2. The number of nitrogen functional groups attached to an aromatic ring is 1. The van der Waals surface area contributed by atoms with Crippen LogP contribution in [0.2, 0.25) is 0 Å². The van der Waals surface area contributed by atoms with Gasteiger partial charge in [0, 0.05) is 17.7 Å². The Morgan fingerprint density at radius 3 is 2.32 bits per heavy atom. The van der Waals surface area contributed by atoms with Crippen molar-refractivity contribution in [1.29, 1.82) is 0 Å². The third kappa shape index (κ3) is 3.46. The van der Waals surface area contributed by atoms with Crippen molar-refractivity contribution >= 4 is 5.82 Å². The molecular formula is C16H27N3. The minimum atomic E-state index is 0.427. The van der Waals surface area contributed by atoms with Crippen LogP contribution < -0.4 is 5.73 Å². The lowest BCUT2D eigenvalue weighted by Gasteiger charge is -2.36. The second kappa shape index (κ2) is 5.48. The van der Waals surface area contributed by atoms with Gasteiger partial charge in [-0.3, -0.25) is 0 Å². The SMILES string of the molecule is CCc1cc(N)nc(C2CCC(C(C)(C)C)CC2)n1. The zero-order valence-corrected chi connectivity index (χ0v) is 12.7. The van der Waals surface area contributed by atoms with E-state index in [1.54, 1.807) is 0 Å². The average molecular weight is 261 g/mol. The zero-order valence-electron chi connectivity index (χ0n) is 12.7. The van der Waals surface area contributed by atoms with Crippen molar-refractivity contribution in [2.24, 2.45) is 11.3 Å². The molecule has 1 aromatic rings. The van der Waals surface area contributed by atoms with Crippen LogP contribution in [0.5, 0.6) is 0 Å². The molecule has 2 rings (SSSR count). The monoisotopic (exact) mass is 261 g/mol. The molecule has 1 fully saturated rings. The lowest BCUT2D eigenvalue weighted by Crippen LogP contribution is -2.26. The van der Waals surface area contributed by atoms with Gasteiger partial charge in [-0.15, -0.1) is 0 Å². The molecule has 0 radical (unpaired) electrons. The lowest BCUT2D eigenvalue weighted by molar-refractivity contribution is 0.167. The Balaban J connectivity index is 2.07. The highest BCUT2D eigenvalue weighted by Gasteiger charge is 2.31. The molecule has 3 nitrogen and oxygen atoms in total. The van der Waals surface area contributed by atoms with Gasteiger partial charge < -0.3 is 5.73 Å². The number of nitrogens with two attached hydrogens (primary N) is 1. The highest BCUT2D eigenvalue weighted by atomic mass is 15.0. The minimum absolute atomic E-state index is 0.427. The third-order valence-corrected chi connectivity index (χ3v) is 4.50. The van der Waals surface area contributed by atoms with Gasteiger partial charge in [0.2, 0.25) is 0 Å². The first-order valence-corrected chi connectivity index (χ1v) is 7.53. The summed E-state index contributed by atoms with van der Waals surface area (Å²) in [5, 5.41) is 0. The summed E-state index contributed by atoms with van der Waals surface area (Å²) in [5.41, 5.74) is 7.38. The Kier molecular flexibility index (Phi) is 4.12. The van der Waals surface area contributed by atoms with Crippen LogP contribution in [-0.2, 0) is 6.42 Å². The molecular weight excluding hydrogens is 234 g/mol. The van der Waals surface area contributed by atoms with Gasteiger partial charge >= 0.3 is 0 Å². The van der Waals surface area contributed by atoms with E-state index in [1.807, 2.05) is 6.07 Å². The Hall–Kier alpha value is -1.12. The number of hydrogen-bond donors (Lipinski definition) is 1. The number of rotatable bonds is 2. The molecule has 1 saturated carbocycles. The van der Waals surface area contributed by atoms with Crippen molar-refractivity contribution in [3.8, 4) is 0 Å². The summed E-state index contributed by atoms with van der Waals surface area (Å²) in [6, 6.07) is 1.89. The number of hydrogen-bond acceptors (Lipinski definition) is 3. The van der Waals surface area contributed by atoms with E-state index < -0.39 is 0 Å². The Labute approximate surface area is 117 Å². The van der Waals surface area contributed by atoms with Crippen LogP contribution >= 0.6 is 0 Å². The van der Waals surface area contributed by atoms with Crippen LogP contribution in [-0.4, -0.2) is 9.97 Å². The maximum atomic E-state index is 5.89. The van der Waals surface area contributed by atoms with Crippen LogP contribution in [0, 0.1) is 11.3 Å². The van der Waals surface area contributed by atoms with E-state index in [0.717, 1.165) is 23.9 Å². The normalized spacial score (nSPS) is 24.4. The summed E-state index contributed by atoms with van der Waals surface area (Å²) in [5.74, 6) is 2.94. The van der Waals surface area contributed by atoms with Crippen molar-refractivity contribution in [2.75, 3.05) is 5.73 Å². The highest BCUT2D eigenvalue weighted by molar-refractivity contribution is 5.30. The van der Waals surface area contributed by atoms with Crippen LogP contribution in [0.4, 0.5) is 5.82 Å². The summed E-state index contributed by atoms with van der Waals surface area (Å²) >= 11 is 0. The molecule has 0 amide bonds. The van der Waals surface area contributed by atoms with Crippen LogP contribution in [0.3, 0.4) is 0 Å². The highest BCUT2D eigenvalue weighted by Crippen LogP contribution is 2.42. The number of aromatic nitrogens is 2. The first kappa shape index (κ1) is 14.3. The fraction of sp³-hybridized carbons (Fsp3) is 0.750.